The molecule has 0 radical (unpaired) electrons. The molecule has 0 aliphatic heterocycles. The number of hydrogen-bond donors (Lipinski definition) is 1. The van der Waals surface area contributed by atoms with Crippen molar-refractivity contribution in [2.75, 3.05) is 5.32 Å². The van der Waals surface area contributed by atoms with E-state index in [1.165, 1.54) is 11.5 Å². The summed E-state index contributed by atoms with van der Waals surface area (Å²) in [6, 6.07) is 6.60. The smallest absolute Gasteiger partial charge is 0.308 e. The van der Waals surface area contributed by atoms with Gasteiger partial charge < -0.3 is 14.6 Å². The lowest BCUT2D eigenvalue weighted by molar-refractivity contribution is -0.153. The fourth-order valence-corrected chi connectivity index (χ4v) is 2.85. The van der Waals surface area contributed by atoms with Gasteiger partial charge in [-0.15, -0.1) is 0 Å². The third kappa shape index (κ3) is 4.94. The van der Waals surface area contributed by atoms with Gasteiger partial charge in [0.1, 0.15) is 0 Å². The van der Waals surface area contributed by atoms with E-state index in [9.17, 15) is 14.4 Å². The fraction of sp³-hybridized carbons (Fsp3) is 0.312. The summed E-state index contributed by atoms with van der Waals surface area (Å²) < 4.78 is 6.60. The molecule has 0 saturated carbocycles. The Balaban J connectivity index is 1.83. The maximum atomic E-state index is 12.0. The summed E-state index contributed by atoms with van der Waals surface area (Å²) >= 11 is 6.86. The van der Waals surface area contributed by atoms with Crippen LogP contribution in [0.4, 0.5) is 5.69 Å². The van der Waals surface area contributed by atoms with E-state index in [2.05, 4.69) is 5.32 Å². The summed E-state index contributed by atoms with van der Waals surface area (Å²) in [4.78, 5) is 35.3. The molecule has 6 nitrogen and oxygen atoms in total. The Morgan fingerprint density at radius 1 is 1.33 bits per heavy atom. The molecule has 2 rings (SSSR count). The second-order valence-electron chi connectivity index (χ2n) is 5.17. The second-order valence-corrected chi connectivity index (χ2v) is 6.43. The maximum absolute atomic E-state index is 12.0. The average Bonchev–Trinajstić information content (AvgIpc) is 2.86. The van der Waals surface area contributed by atoms with Gasteiger partial charge in [-0.3, -0.25) is 14.4 Å². The Bertz CT molecular complexity index is 782. The van der Waals surface area contributed by atoms with Crippen LogP contribution in [0.25, 0.3) is 0 Å². The van der Waals surface area contributed by atoms with Crippen molar-refractivity contribution in [3.05, 3.63) is 50.0 Å². The van der Waals surface area contributed by atoms with Crippen molar-refractivity contribution in [2.24, 2.45) is 0 Å². The molecule has 0 aliphatic carbocycles. The SMILES string of the molecule is Cc1csc(=O)n1CCC(=O)OC(C)C(=O)Nc1ccc(Cl)cc1. The molecule has 1 unspecified atom stereocenters. The zero-order valence-corrected chi connectivity index (χ0v) is 14.8. The van der Waals surface area contributed by atoms with Gasteiger partial charge in [-0.05, 0) is 38.1 Å². The molecular weight excluding hydrogens is 352 g/mol. The number of carbonyl (C=O) groups is 2. The van der Waals surface area contributed by atoms with Crippen LogP contribution in [-0.2, 0) is 20.9 Å². The Labute approximate surface area is 148 Å². The predicted molar refractivity (Wildman–Crippen MR) is 93.6 cm³/mol. The van der Waals surface area contributed by atoms with Crippen LogP contribution >= 0.6 is 22.9 Å². The first-order valence-electron chi connectivity index (χ1n) is 7.27. The monoisotopic (exact) mass is 368 g/mol. The molecule has 0 spiro atoms. The minimum Gasteiger partial charge on any atom is -0.452 e. The van der Waals surface area contributed by atoms with E-state index in [0.29, 0.717) is 10.7 Å². The molecule has 1 N–H and O–H groups in total. The van der Waals surface area contributed by atoms with E-state index in [0.717, 1.165) is 17.0 Å². The quantitative estimate of drug-likeness (QED) is 0.795. The van der Waals surface area contributed by atoms with Gasteiger partial charge in [-0.2, -0.15) is 0 Å². The summed E-state index contributed by atoms with van der Waals surface area (Å²) in [5.74, 6) is -0.971. The normalized spacial score (nSPS) is 11.8. The maximum Gasteiger partial charge on any atom is 0.308 e. The van der Waals surface area contributed by atoms with Crippen LogP contribution in [0.1, 0.15) is 19.0 Å². The molecule has 0 bridgehead atoms. The third-order valence-electron chi connectivity index (χ3n) is 3.31. The van der Waals surface area contributed by atoms with Gasteiger partial charge in [0.25, 0.3) is 5.91 Å². The number of hydrogen-bond acceptors (Lipinski definition) is 5. The minimum atomic E-state index is -0.937. The molecule has 1 amide bonds. The van der Waals surface area contributed by atoms with Gasteiger partial charge in [-0.1, -0.05) is 22.9 Å². The number of anilines is 1. The molecule has 2 aromatic rings. The van der Waals surface area contributed by atoms with Crippen LogP contribution < -0.4 is 10.2 Å². The van der Waals surface area contributed by atoms with Gasteiger partial charge in [0.15, 0.2) is 6.10 Å². The number of carbonyl (C=O) groups excluding carboxylic acids is 2. The number of ether oxygens (including phenoxy) is 1. The molecule has 128 valence electrons. The van der Waals surface area contributed by atoms with Crippen molar-refractivity contribution in [3.8, 4) is 0 Å². The summed E-state index contributed by atoms with van der Waals surface area (Å²) in [6.07, 6.45) is -0.913. The van der Waals surface area contributed by atoms with Gasteiger partial charge in [-0.25, -0.2) is 0 Å². The Morgan fingerprint density at radius 3 is 2.58 bits per heavy atom. The average molecular weight is 369 g/mol. The first-order chi connectivity index (χ1) is 11.4. The number of aryl methyl sites for hydroxylation is 1. The number of aromatic nitrogens is 1. The van der Waals surface area contributed by atoms with Gasteiger partial charge >= 0.3 is 10.8 Å². The molecule has 0 saturated heterocycles. The molecule has 1 heterocycles. The van der Waals surface area contributed by atoms with E-state index in [1.54, 1.807) is 36.6 Å². The van der Waals surface area contributed by atoms with E-state index >= 15 is 0 Å². The molecule has 1 atom stereocenters. The first-order valence-corrected chi connectivity index (χ1v) is 8.53. The van der Waals surface area contributed by atoms with Gasteiger partial charge in [0, 0.05) is 28.3 Å². The van der Waals surface area contributed by atoms with Crippen molar-refractivity contribution in [1.82, 2.24) is 4.57 Å². The van der Waals surface area contributed by atoms with Crippen molar-refractivity contribution in [2.45, 2.75) is 32.9 Å². The van der Waals surface area contributed by atoms with Crippen LogP contribution in [0.3, 0.4) is 0 Å². The number of benzene rings is 1. The molecule has 0 aliphatic rings. The van der Waals surface area contributed by atoms with Gasteiger partial charge in [0.2, 0.25) is 0 Å². The number of nitrogens with one attached hydrogen (secondary N) is 1. The Morgan fingerprint density at radius 2 is 2.00 bits per heavy atom. The molecular formula is C16H17ClN2O4S. The Hall–Kier alpha value is -2.12. The third-order valence-corrected chi connectivity index (χ3v) is 4.44. The summed E-state index contributed by atoms with van der Waals surface area (Å²) in [6.45, 7) is 3.52. The van der Waals surface area contributed by atoms with E-state index in [1.807, 2.05) is 0 Å². The van der Waals surface area contributed by atoms with Crippen LogP contribution in [0.2, 0.25) is 5.02 Å². The predicted octanol–water partition coefficient (Wildman–Crippen LogP) is 2.83. The molecule has 1 aromatic carbocycles. The fourth-order valence-electron chi connectivity index (χ4n) is 1.96. The highest BCUT2D eigenvalue weighted by atomic mass is 35.5. The highest BCUT2D eigenvalue weighted by Gasteiger charge is 2.18. The number of rotatable bonds is 6. The standard InChI is InChI=1S/C16H17ClN2O4S/c1-10-9-24-16(22)19(10)8-7-14(20)23-11(2)15(21)18-13-5-3-12(17)4-6-13/h3-6,9,11H,7-8H2,1-2H3,(H,18,21). The zero-order valence-electron chi connectivity index (χ0n) is 13.2. The van der Waals surface area contributed by atoms with E-state index in [-0.39, 0.29) is 17.8 Å². The molecule has 24 heavy (non-hydrogen) atoms. The van der Waals surface area contributed by atoms with E-state index in [4.69, 9.17) is 16.3 Å². The van der Waals surface area contributed by atoms with Crippen molar-refractivity contribution < 1.29 is 14.3 Å². The number of nitrogens with zero attached hydrogens (tertiary/aromatic N) is 1. The number of thiazole rings is 1. The van der Waals surface area contributed by atoms with Crippen LogP contribution in [0.5, 0.6) is 0 Å². The lowest BCUT2D eigenvalue weighted by Gasteiger charge is -2.14. The topological polar surface area (TPSA) is 77.4 Å². The zero-order chi connectivity index (χ0) is 17.7. The molecule has 0 fully saturated rings. The minimum absolute atomic E-state index is 0.0239. The lowest BCUT2D eigenvalue weighted by Crippen LogP contribution is -2.30. The van der Waals surface area contributed by atoms with Crippen molar-refractivity contribution in [3.63, 3.8) is 0 Å². The van der Waals surface area contributed by atoms with Crippen molar-refractivity contribution in [1.29, 1.82) is 0 Å². The number of halogens is 1. The lowest BCUT2D eigenvalue weighted by atomic mass is 10.3. The largest absolute Gasteiger partial charge is 0.452 e. The van der Waals surface area contributed by atoms with Crippen molar-refractivity contribution >= 4 is 40.5 Å². The second kappa shape index (κ2) is 8.12. The highest BCUT2D eigenvalue weighted by molar-refractivity contribution is 7.07. The van der Waals surface area contributed by atoms with Gasteiger partial charge in [0.05, 0.1) is 6.42 Å². The molecule has 1 aromatic heterocycles. The number of esters is 1. The first kappa shape index (κ1) is 18.2. The Kier molecular flexibility index (Phi) is 6.16. The highest BCUT2D eigenvalue weighted by Crippen LogP contribution is 2.14. The summed E-state index contributed by atoms with van der Waals surface area (Å²) in [5.41, 5.74) is 1.36. The van der Waals surface area contributed by atoms with Crippen LogP contribution in [0.15, 0.2) is 34.4 Å². The summed E-state index contributed by atoms with van der Waals surface area (Å²) in [7, 11) is 0. The number of amides is 1. The molecule has 8 heteroatoms. The van der Waals surface area contributed by atoms with Crippen LogP contribution in [0, 0.1) is 6.92 Å². The van der Waals surface area contributed by atoms with E-state index < -0.39 is 18.0 Å². The summed E-state index contributed by atoms with van der Waals surface area (Å²) in [5, 5.41) is 4.93. The van der Waals surface area contributed by atoms with Crippen LogP contribution in [-0.4, -0.2) is 22.5 Å².